The van der Waals surface area contributed by atoms with E-state index in [-0.39, 0.29) is 24.2 Å². The van der Waals surface area contributed by atoms with Crippen LogP contribution in [0.3, 0.4) is 0 Å². The molecule has 25 heavy (non-hydrogen) atoms. The van der Waals surface area contributed by atoms with E-state index in [9.17, 15) is 4.79 Å². The molecule has 1 amide bonds. The van der Waals surface area contributed by atoms with Gasteiger partial charge in [-0.2, -0.15) is 0 Å². The lowest BCUT2D eigenvalue weighted by Gasteiger charge is -2.31. The van der Waals surface area contributed by atoms with Crippen molar-refractivity contribution in [2.75, 3.05) is 13.2 Å². The van der Waals surface area contributed by atoms with Crippen LogP contribution in [0.15, 0.2) is 35.0 Å². The van der Waals surface area contributed by atoms with E-state index < -0.39 is 0 Å². The highest BCUT2D eigenvalue weighted by Crippen LogP contribution is 2.32. The Hall–Kier alpha value is -2.25. The molecular weight excluding hydrogens is 322 g/mol. The number of fused-ring (bicyclic) bond motifs is 1. The molecule has 0 radical (unpaired) electrons. The van der Waals surface area contributed by atoms with Crippen molar-refractivity contribution >= 4 is 5.91 Å². The van der Waals surface area contributed by atoms with E-state index >= 15 is 0 Å². The zero-order valence-electron chi connectivity index (χ0n) is 14.1. The van der Waals surface area contributed by atoms with E-state index in [2.05, 4.69) is 10.1 Å². The van der Waals surface area contributed by atoms with Crippen molar-refractivity contribution in [2.45, 2.75) is 44.6 Å². The number of aryl methyl sites for hydroxylation is 1. The molecule has 0 spiro atoms. The zero-order valence-corrected chi connectivity index (χ0v) is 14.1. The highest BCUT2D eigenvalue weighted by atomic mass is 16.5. The number of likely N-dealkylation sites (tertiary alicyclic amines) is 1. The second-order valence-corrected chi connectivity index (χ2v) is 6.50. The molecule has 0 saturated carbocycles. The fraction of sp³-hybridized carbons (Fsp3) is 0.500. The third-order valence-corrected chi connectivity index (χ3v) is 4.76. The number of nitrogens with zero attached hydrogens (tertiary/aromatic N) is 3. The van der Waals surface area contributed by atoms with Gasteiger partial charge in [-0.15, -0.1) is 0 Å². The number of amides is 1. The molecule has 0 bridgehead atoms. The lowest BCUT2D eigenvalue weighted by molar-refractivity contribution is -0.0814. The van der Waals surface area contributed by atoms with Gasteiger partial charge in [0.05, 0.1) is 24.9 Å². The molecule has 4 rings (SSSR count). The summed E-state index contributed by atoms with van der Waals surface area (Å²) in [6.45, 7) is 3.38. The summed E-state index contributed by atoms with van der Waals surface area (Å²) in [4.78, 5) is 18.9. The van der Waals surface area contributed by atoms with Gasteiger partial charge in [0.15, 0.2) is 5.69 Å². The number of carbonyl (C=O) groups is 1. The first kappa shape index (κ1) is 16.2. The van der Waals surface area contributed by atoms with E-state index in [1.807, 2.05) is 23.1 Å². The van der Waals surface area contributed by atoms with Crippen molar-refractivity contribution in [1.82, 2.24) is 15.0 Å². The smallest absolute Gasteiger partial charge is 0.276 e. The minimum atomic E-state index is -0.163. The number of carbonyl (C=O) groups excluding carboxylic acids is 1. The summed E-state index contributed by atoms with van der Waals surface area (Å²) < 4.78 is 17.0. The van der Waals surface area contributed by atoms with E-state index in [4.69, 9.17) is 14.0 Å². The van der Waals surface area contributed by atoms with Crippen LogP contribution in [0.5, 0.6) is 0 Å². The van der Waals surface area contributed by atoms with Gasteiger partial charge in [0.1, 0.15) is 18.0 Å². The Balaban J connectivity index is 1.48. The maximum Gasteiger partial charge on any atom is 0.276 e. The average Bonchev–Trinajstić information content (AvgIpc) is 3.24. The maximum absolute atomic E-state index is 12.8. The summed E-state index contributed by atoms with van der Waals surface area (Å²) >= 11 is 0. The summed E-state index contributed by atoms with van der Waals surface area (Å²) in [5, 5.41) is 3.86. The molecule has 0 N–H and O–H groups in total. The molecule has 2 aromatic heterocycles. The van der Waals surface area contributed by atoms with Crippen LogP contribution >= 0.6 is 0 Å². The molecule has 0 aliphatic carbocycles. The van der Waals surface area contributed by atoms with Crippen molar-refractivity contribution in [3.63, 3.8) is 0 Å². The second kappa shape index (κ2) is 6.93. The fourth-order valence-electron chi connectivity index (χ4n) is 3.58. The standard InChI is InChI=1S/C18H21N3O4/c1-12-9-14(20-25-12)18(22)21-10-16(17-15(21)6-4-8-23-17)24-11-13-5-2-3-7-19-13/h2-3,5,7,9,15-17H,4,6,8,10-11H2,1H3/t15-,16-,17+/m1/s1. The van der Waals surface area contributed by atoms with Crippen molar-refractivity contribution in [1.29, 1.82) is 0 Å². The number of hydrogen-bond acceptors (Lipinski definition) is 6. The van der Waals surface area contributed by atoms with Crippen LogP contribution in [0, 0.1) is 6.92 Å². The molecule has 132 valence electrons. The third kappa shape index (κ3) is 3.29. The summed E-state index contributed by atoms with van der Waals surface area (Å²) in [5.74, 6) is 0.503. The van der Waals surface area contributed by atoms with Crippen molar-refractivity contribution in [3.8, 4) is 0 Å². The monoisotopic (exact) mass is 343 g/mol. The SMILES string of the molecule is Cc1cc(C(=O)N2C[C@@H](OCc3ccccn3)[C@H]3OCCC[C@H]32)no1. The quantitative estimate of drug-likeness (QED) is 0.845. The Morgan fingerprint density at radius 1 is 1.44 bits per heavy atom. The van der Waals surface area contributed by atoms with Gasteiger partial charge < -0.3 is 18.9 Å². The van der Waals surface area contributed by atoms with Crippen LogP contribution in [0.4, 0.5) is 0 Å². The molecule has 2 aliphatic rings. The molecule has 2 fully saturated rings. The largest absolute Gasteiger partial charge is 0.373 e. The number of aromatic nitrogens is 2. The minimum absolute atomic E-state index is 0.0204. The van der Waals surface area contributed by atoms with E-state index in [1.54, 1.807) is 19.2 Å². The fourth-order valence-corrected chi connectivity index (χ4v) is 3.58. The van der Waals surface area contributed by atoms with Crippen LogP contribution in [0.25, 0.3) is 0 Å². The number of pyridine rings is 1. The summed E-state index contributed by atoms with van der Waals surface area (Å²) in [6, 6.07) is 7.42. The predicted molar refractivity (Wildman–Crippen MR) is 87.9 cm³/mol. The highest BCUT2D eigenvalue weighted by molar-refractivity contribution is 5.92. The van der Waals surface area contributed by atoms with E-state index in [0.29, 0.717) is 31.2 Å². The Morgan fingerprint density at radius 3 is 3.12 bits per heavy atom. The molecule has 0 aromatic carbocycles. The summed E-state index contributed by atoms with van der Waals surface area (Å²) in [6.07, 6.45) is 3.33. The molecule has 2 saturated heterocycles. The molecule has 7 nitrogen and oxygen atoms in total. The van der Waals surface area contributed by atoms with Crippen LogP contribution in [-0.2, 0) is 16.1 Å². The van der Waals surface area contributed by atoms with E-state index in [0.717, 1.165) is 18.5 Å². The van der Waals surface area contributed by atoms with Crippen LogP contribution < -0.4 is 0 Å². The van der Waals surface area contributed by atoms with Crippen molar-refractivity contribution in [2.24, 2.45) is 0 Å². The molecule has 2 aromatic rings. The van der Waals surface area contributed by atoms with Gasteiger partial charge in [-0.3, -0.25) is 9.78 Å². The van der Waals surface area contributed by atoms with Crippen molar-refractivity contribution < 1.29 is 18.8 Å². The average molecular weight is 343 g/mol. The molecule has 2 aliphatic heterocycles. The molecule has 0 unspecified atom stereocenters. The van der Waals surface area contributed by atoms with Gasteiger partial charge in [-0.1, -0.05) is 11.2 Å². The first-order valence-electron chi connectivity index (χ1n) is 8.60. The summed E-state index contributed by atoms with van der Waals surface area (Å²) in [7, 11) is 0. The van der Waals surface area contributed by atoms with Crippen LogP contribution in [0.1, 0.15) is 34.8 Å². The van der Waals surface area contributed by atoms with E-state index in [1.165, 1.54) is 0 Å². The minimum Gasteiger partial charge on any atom is -0.373 e. The van der Waals surface area contributed by atoms with Crippen LogP contribution in [-0.4, -0.2) is 52.3 Å². The lowest BCUT2D eigenvalue weighted by Crippen LogP contribution is -2.44. The lowest BCUT2D eigenvalue weighted by atomic mass is 10.0. The van der Waals surface area contributed by atoms with Gasteiger partial charge >= 0.3 is 0 Å². The third-order valence-electron chi connectivity index (χ3n) is 4.76. The normalized spacial score (nSPS) is 25.8. The number of hydrogen-bond donors (Lipinski definition) is 0. The van der Waals surface area contributed by atoms with Gasteiger partial charge in [0.2, 0.25) is 0 Å². The Labute approximate surface area is 145 Å². The Morgan fingerprint density at radius 2 is 2.36 bits per heavy atom. The predicted octanol–water partition coefficient (Wildman–Crippen LogP) is 1.97. The van der Waals surface area contributed by atoms with Crippen molar-refractivity contribution in [3.05, 3.63) is 47.6 Å². The topological polar surface area (TPSA) is 77.7 Å². The second-order valence-electron chi connectivity index (χ2n) is 6.50. The molecular formula is C18H21N3O4. The first-order chi connectivity index (χ1) is 12.2. The maximum atomic E-state index is 12.8. The number of ether oxygens (including phenoxy) is 2. The Kier molecular flexibility index (Phi) is 4.50. The highest BCUT2D eigenvalue weighted by Gasteiger charge is 2.47. The van der Waals surface area contributed by atoms with Gasteiger partial charge in [0.25, 0.3) is 5.91 Å². The molecule has 7 heteroatoms. The Bertz CT molecular complexity index is 733. The van der Waals surface area contributed by atoms with Crippen LogP contribution in [0.2, 0.25) is 0 Å². The molecule has 4 heterocycles. The van der Waals surface area contributed by atoms with Gasteiger partial charge in [-0.25, -0.2) is 0 Å². The number of rotatable bonds is 4. The molecule has 3 atom stereocenters. The first-order valence-corrected chi connectivity index (χ1v) is 8.60. The van der Waals surface area contributed by atoms with Gasteiger partial charge in [-0.05, 0) is 31.9 Å². The van der Waals surface area contributed by atoms with Gasteiger partial charge in [0, 0.05) is 18.9 Å². The summed E-state index contributed by atoms with van der Waals surface area (Å²) in [5.41, 5.74) is 1.21. The zero-order chi connectivity index (χ0) is 17.2.